The van der Waals surface area contributed by atoms with Crippen molar-refractivity contribution in [3.05, 3.63) is 30.0 Å². The van der Waals surface area contributed by atoms with Crippen LogP contribution in [0.3, 0.4) is 0 Å². The summed E-state index contributed by atoms with van der Waals surface area (Å²) in [5, 5.41) is 6.07. The number of rotatable bonds is 3. The van der Waals surface area contributed by atoms with Crippen molar-refractivity contribution in [3.8, 4) is 0 Å². The number of fused-ring (bicyclic) bond motifs is 1. The summed E-state index contributed by atoms with van der Waals surface area (Å²) < 4.78 is 2.10. The summed E-state index contributed by atoms with van der Waals surface area (Å²) in [6.07, 6.45) is 1.14. The monoisotopic (exact) mass is 272 g/mol. The zero-order valence-electron chi connectivity index (χ0n) is 12.4. The SMILES string of the molecule is CCn1nc(CN2CC(C)CC(N)C2)c2ccccc21. The Morgan fingerprint density at radius 3 is 2.85 bits per heavy atom. The molecule has 0 saturated carbocycles. The number of likely N-dealkylation sites (tertiary alicyclic amines) is 1. The van der Waals surface area contributed by atoms with Crippen LogP contribution in [0.25, 0.3) is 10.9 Å². The summed E-state index contributed by atoms with van der Waals surface area (Å²) in [5.74, 6) is 0.679. The van der Waals surface area contributed by atoms with E-state index in [9.17, 15) is 0 Å². The lowest BCUT2D eigenvalue weighted by Crippen LogP contribution is -2.45. The molecule has 1 aliphatic heterocycles. The molecule has 0 radical (unpaired) electrons. The van der Waals surface area contributed by atoms with Crippen LogP contribution in [0.1, 0.15) is 26.0 Å². The number of hydrogen-bond donors (Lipinski definition) is 1. The highest BCUT2D eigenvalue weighted by Crippen LogP contribution is 2.22. The first-order valence-electron chi connectivity index (χ1n) is 7.59. The third-order valence-corrected chi connectivity index (χ3v) is 4.18. The van der Waals surface area contributed by atoms with Gasteiger partial charge in [-0.2, -0.15) is 5.10 Å². The molecule has 0 amide bonds. The lowest BCUT2D eigenvalue weighted by atomic mass is 9.96. The number of para-hydroxylation sites is 1. The molecule has 1 fully saturated rings. The summed E-state index contributed by atoms with van der Waals surface area (Å²) in [7, 11) is 0. The van der Waals surface area contributed by atoms with Crippen LogP contribution in [-0.2, 0) is 13.1 Å². The maximum atomic E-state index is 6.15. The smallest absolute Gasteiger partial charge is 0.0843 e. The third kappa shape index (κ3) is 2.58. The van der Waals surface area contributed by atoms with Crippen molar-refractivity contribution < 1.29 is 0 Å². The molecular weight excluding hydrogens is 248 g/mol. The molecule has 2 aromatic rings. The molecule has 0 aliphatic carbocycles. The lowest BCUT2D eigenvalue weighted by Gasteiger charge is -2.34. The fraction of sp³-hybridized carbons (Fsp3) is 0.562. The summed E-state index contributed by atoms with van der Waals surface area (Å²) in [6, 6.07) is 8.81. The Bertz CT molecular complexity index is 579. The van der Waals surface area contributed by atoms with Crippen LogP contribution < -0.4 is 5.73 Å². The molecule has 2 N–H and O–H groups in total. The molecule has 2 atom stereocenters. The van der Waals surface area contributed by atoms with Gasteiger partial charge in [0.1, 0.15) is 0 Å². The van der Waals surface area contributed by atoms with Crippen LogP contribution in [0.2, 0.25) is 0 Å². The number of nitrogens with zero attached hydrogens (tertiary/aromatic N) is 3. The fourth-order valence-corrected chi connectivity index (χ4v) is 3.41. The zero-order valence-corrected chi connectivity index (χ0v) is 12.4. The first-order valence-corrected chi connectivity index (χ1v) is 7.59. The minimum atomic E-state index is 0.304. The van der Waals surface area contributed by atoms with Crippen molar-refractivity contribution in [2.45, 2.75) is 39.4 Å². The Labute approximate surface area is 120 Å². The van der Waals surface area contributed by atoms with E-state index in [1.54, 1.807) is 0 Å². The Hall–Kier alpha value is -1.39. The van der Waals surface area contributed by atoms with Gasteiger partial charge in [-0.3, -0.25) is 9.58 Å². The van der Waals surface area contributed by atoms with Crippen LogP contribution in [0, 0.1) is 5.92 Å². The van der Waals surface area contributed by atoms with Crippen LogP contribution in [0.5, 0.6) is 0 Å². The van der Waals surface area contributed by atoms with Crippen molar-refractivity contribution in [3.63, 3.8) is 0 Å². The molecule has 4 nitrogen and oxygen atoms in total. The summed E-state index contributed by atoms with van der Waals surface area (Å²) in [6.45, 7) is 8.36. The van der Waals surface area contributed by atoms with Gasteiger partial charge in [0.15, 0.2) is 0 Å². The molecule has 1 saturated heterocycles. The number of benzene rings is 1. The number of nitrogens with two attached hydrogens (primary N) is 1. The highest BCUT2D eigenvalue weighted by atomic mass is 15.3. The maximum absolute atomic E-state index is 6.15. The molecule has 20 heavy (non-hydrogen) atoms. The number of hydrogen-bond acceptors (Lipinski definition) is 3. The molecule has 2 heterocycles. The Morgan fingerprint density at radius 2 is 2.10 bits per heavy atom. The Balaban J connectivity index is 1.87. The van der Waals surface area contributed by atoms with Gasteiger partial charge >= 0.3 is 0 Å². The van der Waals surface area contributed by atoms with Gasteiger partial charge in [0.05, 0.1) is 11.2 Å². The quantitative estimate of drug-likeness (QED) is 0.932. The van der Waals surface area contributed by atoms with Crippen molar-refractivity contribution in [1.82, 2.24) is 14.7 Å². The van der Waals surface area contributed by atoms with Crippen LogP contribution >= 0.6 is 0 Å². The van der Waals surface area contributed by atoms with Gasteiger partial charge in [0, 0.05) is 37.6 Å². The molecule has 108 valence electrons. The van der Waals surface area contributed by atoms with Gasteiger partial charge < -0.3 is 5.73 Å². The predicted octanol–water partition coefficient (Wildman–Crippen LogP) is 2.23. The van der Waals surface area contributed by atoms with Crippen LogP contribution in [0.4, 0.5) is 0 Å². The molecule has 1 aliphatic rings. The molecule has 1 aromatic carbocycles. The second kappa shape index (κ2) is 5.54. The van der Waals surface area contributed by atoms with E-state index >= 15 is 0 Å². The zero-order chi connectivity index (χ0) is 14.1. The molecule has 2 unspecified atom stereocenters. The molecular formula is C16H24N4. The third-order valence-electron chi connectivity index (χ3n) is 4.18. The second-order valence-electron chi connectivity index (χ2n) is 6.07. The van der Waals surface area contributed by atoms with Gasteiger partial charge in [-0.1, -0.05) is 25.1 Å². The predicted molar refractivity (Wildman–Crippen MR) is 82.4 cm³/mol. The molecule has 0 spiro atoms. The second-order valence-corrected chi connectivity index (χ2v) is 6.07. The van der Waals surface area contributed by atoms with Gasteiger partial charge in [-0.15, -0.1) is 0 Å². The molecule has 0 bridgehead atoms. The first kappa shape index (κ1) is 13.6. The van der Waals surface area contributed by atoms with Crippen molar-refractivity contribution in [2.75, 3.05) is 13.1 Å². The van der Waals surface area contributed by atoms with E-state index in [-0.39, 0.29) is 0 Å². The van der Waals surface area contributed by atoms with E-state index in [1.807, 2.05) is 0 Å². The van der Waals surface area contributed by atoms with Crippen molar-refractivity contribution in [2.24, 2.45) is 11.7 Å². The standard InChI is InChI=1S/C16H24N4/c1-3-20-16-7-5-4-6-14(16)15(18-20)11-19-9-12(2)8-13(17)10-19/h4-7,12-13H,3,8-11,17H2,1-2H3. The fourth-order valence-electron chi connectivity index (χ4n) is 3.41. The highest BCUT2D eigenvalue weighted by molar-refractivity contribution is 5.81. The summed E-state index contributed by atoms with van der Waals surface area (Å²) >= 11 is 0. The lowest BCUT2D eigenvalue weighted by molar-refractivity contribution is 0.157. The molecule has 3 rings (SSSR count). The van der Waals surface area contributed by atoms with E-state index in [0.29, 0.717) is 12.0 Å². The average molecular weight is 272 g/mol. The normalized spacial score (nSPS) is 24.4. The topological polar surface area (TPSA) is 47.1 Å². The van der Waals surface area contributed by atoms with Gasteiger partial charge in [-0.05, 0) is 25.3 Å². The van der Waals surface area contributed by atoms with Crippen LogP contribution in [0.15, 0.2) is 24.3 Å². The number of aromatic nitrogens is 2. The van der Waals surface area contributed by atoms with Gasteiger partial charge in [-0.25, -0.2) is 0 Å². The van der Waals surface area contributed by atoms with Crippen LogP contribution in [-0.4, -0.2) is 33.8 Å². The van der Waals surface area contributed by atoms with E-state index in [2.05, 4.69) is 47.7 Å². The van der Waals surface area contributed by atoms with E-state index < -0.39 is 0 Å². The van der Waals surface area contributed by atoms with E-state index in [0.717, 1.165) is 32.6 Å². The van der Waals surface area contributed by atoms with Gasteiger partial charge in [0.25, 0.3) is 0 Å². The van der Waals surface area contributed by atoms with Crippen molar-refractivity contribution >= 4 is 10.9 Å². The Kier molecular flexibility index (Phi) is 3.76. The molecule has 4 heteroatoms. The summed E-state index contributed by atoms with van der Waals surface area (Å²) in [4.78, 5) is 2.45. The average Bonchev–Trinajstić information content (AvgIpc) is 2.76. The Morgan fingerprint density at radius 1 is 1.30 bits per heavy atom. The molecule has 1 aromatic heterocycles. The van der Waals surface area contributed by atoms with E-state index in [4.69, 9.17) is 10.8 Å². The highest BCUT2D eigenvalue weighted by Gasteiger charge is 2.23. The maximum Gasteiger partial charge on any atom is 0.0843 e. The minimum absolute atomic E-state index is 0.304. The minimum Gasteiger partial charge on any atom is -0.327 e. The van der Waals surface area contributed by atoms with Gasteiger partial charge in [0.2, 0.25) is 0 Å². The summed E-state index contributed by atoms with van der Waals surface area (Å²) in [5.41, 5.74) is 8.57. The largest absolute Gasteiger partial charge is 0.327 e. The van der Waals surface area contributed by atoms with E-state index in [1.165, 1.54) is 16.6 Å². The number of aryl methyl sites for hydroxylation is 1. The van der Waals surface area contributed by atoms with Crippen molar-refractivity contribution in [1.29, 1.82) is 0 Å². The number of piperidine rings is 1. The first-order chi connectivity index (χ1) is 9.67.